The highest BCUT2D eigenvalue weighted by Crippen LogP contribution is 2.32. The van der Waals surface area contributed by atoms with Crippen LogP contribution in [0, 0.1) is 0 Å². The summed E-state index contributed by atoms with van der Waals surface area (Å²) < 4.78 is 40.8. The van der Waals surface area contributed by atoms with Crippen LogP contribution < -0.4 is 5.56 Å². The van der Waals surface area contributed by atoms with E-state index in [0.29, 0.717) is 6.42 Å². The first kappa shape index (κ1) is 16.2. The Balaban J connectivity index is 2.10. The van der Waals surface area contributed by atoms with Crippen LogP contribution in [0.15, 0.2) is 53.8 Å². The Morgan fingerprint density at radius 3 is 2.67 bits per heavy atom. The van der Waals surface area contributed by atoms with Crippen molar-refractivity contribution in [1.29, 1.82) is 0 Å². The predicted molar refractivity (Wildman–Crippen MR) is 83.7 cm³/mol. The molecule has 1 aromatic carbocycles. The van der Waals surface area contributed by atoms with Crippen molar-refractivity contribution in [2.45, 2.75) is 25.6 Å². The van der Waals surface area contributed by atoms with Crippen LogP contribution in [0.2, 0.25) is 0 Å². The molecule has 0 amide bonds. The first-order valence-corrected chi connectivity index (χ1v) is 7.34. The lowest BCUT2D eigenvalue weighted by Crippen LogP contribution is -2.26. The number of aromatic nitrogens is 3. The van der Waals surface area contributed by atoms with Gasteiger partial charge in [-0.2, -0.15) is 13.2 Å². The number of fused-ring (bicyclic) bond motifs is 1. The molecule has 2 heterocycles. The van der Waals surface area contributed by atoms with Crippen LogP contribution in [0.25, 0.3) is 10.9 Å². The molecular weight excluding hydrogens is 319 g/mol. The van der Waals surface area contributed by atoms with E-state index < -0.39 is 22.7 Å². The lowest BCUT2D eigenvalue weighted by Gasteiger charge is -2.16. The van der Waals surface area contributed by atoms with Crippen molar-refractivity contribution < 1.29 is 13.2 Å². The molecule has 7 heteroatoms. The zero-order chi connectivity index (χ0) is 17.3. The van der Waals surface area contributed by atoms with Gasteiger partial charge in [0, 0.05) is 18.4 Å². The van der Waals surface area contributed by atoms with Gasteiger partial charge >= 0.3 is 6.18 Å². The molecule has 0 saturated heterocycles. The van der Waals surface area contributed by atoms with Crippen LogP contribution >= 0.6 is 0 Å². The smallest absolute Gasteiger partial charge is 0.296 e. The number of hydrogen-bond donors (Lipinski definition) is 0. The van der Waals surface area contributed by atoms with Gasteiger partial charge in [0.05, 0.1) is 22.8 Å². The maximum absolute atomic E-state index is 13.2. The highest BCUT2D eigenvalue weighted by Gasteiger charge is 2.34. The van der Waals surface area contributed by atoms with Gasteiger partial charge in [0.15, 0.2) is 0 Å². The van der Waals surface area contributed by atoms with E-state index in [-0.39, 0.29) is 11.6 Å². The van der Waals surface area contributed by atoms with Gasteiger partial charge in [-0.05, 0) is 37.1 Å². The van der Waals surface area contributed by atoms with E-state index in [1.165, 1.54) is 23.0 Å². The number of halogens is 3. The van der Waals surface area contributed by atoms with Gasteiger partial charge < -0.3 is 0 Å². The summed E-state index contributed by atoms with van der Waals surface area (Å²) in [7, 11) is 0. The van der Waals surface area contributed by atoms with Crippen molar-refractivity contribution in [1.82, 2.24) is 14.5 Å². The van der Waals surface area contributed by atoms with Crippen LogP contribution in [0.3, 0.4) is 0 Å². The van der Waals surface area contributed by atoms with Crippen LogP contribution in [-0.2, 0) is 12.6 Å². The molecule has 3 aromatic rings. The third kappa shape index (κ3) is 3.02. The first-order valence-electron chi connectivity index (χ1n) is 7.34. The van der Waals surface area contributed by atoms with E-state index in [2.05, 4.69) is 9.97 Å². The molecule has 0 spiro atoms. The molecule has 0 radical (unpaired) electrons. The Hall–Kier alpha value is -2.70. The molecule has 0 aliphatic heterocycles. The Bertz CT molecular complexity index is 920. The second-order valence-corrected chi connectivity index (χ2v) is 5.57. The highest BCUT2D eigenvalue weighted by molar-refractivity contribution is 5.81. The number of alkyl halides is 3. The zero-order valence-corrected chi connectivity index (χ0v) is 12.8. The molecule has 0 fully saturated rings. The van der Waals surface area contributed by atoms with Gasteiger partial charge in [-0.25, -0.2) is 4.98 Å². The monoisotopic (exact) mass is 333 g/mol. The molecule has 0 saturated carbocycles. The molecule has 3 rings (SSSR count). The van der Waals surface area contributed by atoms with Crippen LogP contribution in [0.4, 0.5) is 13.2 Å². The normalized spacial score (nSPS) is 13.2. The number of hydrogen-bond acceptors (Lipinski definition) is 3. The quantitative estimate of drug-likeness (QED) is 0.735. The summed E-state index contributed by atoms with van der Waals surface area (Å²) in [6.07, 6.45) is 0.456. The number of rotatable bonds is 3. The molecule has 2 aromatic heterocycles. The molecular formula is C17H14F3N3O. The molecule has 0 bridgehead atoms. The molecule has 1 atom stereocenters. The highest BCUT2D eigenvalue weighted by atomic mass is 19.4. The fourth-order valence-electron chi connectivity index (χ4n) is 2.69. The molecule has 1 unspecified atom stereocenters. The summed E-state index contributed by atoms with van der Waals surface area (Å²) in [5.41, 5.74) is -0.717. The van der Waals surface area contributed by atoms with Crippen LogP contribution in [-0.4, -0.2) is 14.5 Å². The Morgan fingerprint density at radius 2 is 2.00 bits per heavy atom. The molecule has 0 N–H and O–H groups in total. The maximum atomic E-state index is 13.2. The average molecular weight is 333 g/mol. The van der Waals surface area contributed by atoms with Crippen LogP contribution in [0.5, 0.6) is 0 Å². The Morgan fingerprint density at radius 1 is 1.21 bits per heavy atom. The summed E-state index contributed by atoms with van der Waals surface area (Å²) in [4.78, 5) is 20.7. The maximum Gasteiger partial charge on any atom is 0.417 e. The van der Waals surface area contributed by atoms with Gasteiger partial charge in [0.25, 0.3) is 5.56 Å². The summed E-state index contributed by atoms with van der Waals surface area (Å²) >= 11 is 0. The largest absolute Gasteiger partial charge is 0.417 e. The topological polar surface area (TPSA) is 47.8 Å². The van der Waals surface area contributed by atoms with E-state index in [1.807, 2.05) is 6.07 Å². The zero-order valence-electron chi connectivity index (χ0n) is 12.8. The minimum Gasteiger partial charge on any atom is -0.296 e. The summed E-state index contributed by atoms with van der Waals surface area (Å²) in [6, 6.07) is 6.83. The number of pyridine rings is 1. The van der Waals surface area contributed by atoms with E-state index in [0.717, 1.165) is 11.6 Å². The summed E-state index contributed by atoms with van der Waals surface area (Å²) in [6.45, 7) is 1.76. The predicted octanol–water partition coefficient (Wildman–Crippen LogP) is 3.61. The van der Waals surface area contributed by atoms with Gasteiger partial charge in [0.1, 0.15) is 0 Å². The third-order valence-corrected chi connectivity index (χ3v) is 3.85. The molecule has 0 aliphatic rings. The SMILES string of the molecule is CC(Cc1cccnc1)n1cnc2cccc(C(F)(F)F)c2c1=O. The Labute approximate surface area is 135 Å². The van der Waals surface area contributed by atoms with E-state index >= 15 is 0 Å². The average Bonchev–Trinajstić information content (AvgIpc) is 2.54. The lowest BCUT2D eigenvalue weighted by molar-refractivity contribution is -0.136. The third-order valence-electron chi connectivity index (χ3n) is 3.85. The van der Waals surface area contributed by atoms with Gasteiger partial charge in [-0.15, -0.1) is 0 Å². The fourth-order valence-corrected chi connectivity index (χ4v) is 2.69. The Kier molecular flexibility index (Phi) is 4.09. The van der Waals surface area contributed by atoms with E-state index in [1.54, 1.807) is 25.4 Å². The number of benzene rings is 1. The van der Waals surface area contributed by atoms with Crippen molar-refractivity contribution in [3.05, 3.63) is 70.5 Å². The van der Waals surface area contributed by atoms with E-state index in [4.69, 9.17) is 0 Å². The van der Waals surface area contributed by atoms with Crippen molar-refractivity contribution in [2.75, 3.05) is 0 Å². The van der Waals surface area contributed by atoms with Crippen molar-refractivity contribution in [2.24, 2.45) is 0 Å². The molecule has 4 nitrogen and oxygen atoms in total. The van der Waals surface area contributed by atoms with Crippen molar-refractivity contribution >= 4 is 10.9 Å². The summed E-state index contributed by atoms with van der Waals surface area (Å²) in [5.74, 6) is 0. The standard InChI is InChI=1S/C17H14F3N3O/c1-11(8-12-4-3-7-21-9-12)23-10-22-14-6-2-5-13(17(18,19)20)15(14)16(23)24/h2-7,9-11H,8H2,1H3. The first-order chi connectivity index (χ1) is 11.4. The number of nitrogens with zero attached hydrogens (tertiary/aromatic N) is 3. The van der Waals surface area contributed by atoms with E-state index in [9.17, 15) is 18.0 Å². The van der Waals surface area contributed by atoms with Gasteiger partial charge in [-0.3, -0.25) is 14.3 Å². The minimum atomic E-state index is -4.61. The second kappa shape index (κ2) is 6.07. The molecule has 24 heavy (non-hydrogen) atoms. The fraction of sp³-hybridized carbons (Fsp3) is 0.235. The van der Waals surface area contributed by atoms with Crippen molar-refractivity contribution in [3.63, 3.8) is 0 Å². The second-order valence-electron chi connectivity index (χ2n) is 5.57. The van der Waals surface area contributed by atoms with Gasteiger partial charge in [-0.1, -0.05) is 12.1 Å². The lowest BCUT2D eigenvalue weighted by atomic mass is 10.1. The van der Waals surface area contributed by atoms with Gasteiger partial charge in [0.2, 0.25) is 0 Å². The summed E-state index contributed by atoms with van der Waals surface area (Å²) in [5, 5.41) is -0.398. The molecule has 0 aliphatic carbocycles. The minimum absolute atomic E-state index is 0.0413. The molecule has 124 valence electrons. The van der Waals surface area contributed by atoms with Crippen LogP contribution in [0.1, 0.15) is 24.1 Å². The van der Waals surface area contributed by atoms with Crippen molar-refractivity contribution in [3.8, 4) is 0 Å².